The van der Waals surface area contributed by atoms with Gasteiger partial charge in [0.1, 0.15) is 18.0 Å². The van der Waals surface area contributed by atoms with Gasteiger partial charge in [-0.1, -0.05) is 18.2 Å². The molecule has 8 heteroatoms. The van der Waals surface area contributed by atoms with E-state index in [1.165, 1.54) is 18.5 Å². The Morgan fingerprint density at radius 3 is 2.67 bits per heavy atom. The minimum atomic E-state index is -2.84. The number of alkyl halides is 2. The quantitative estimate of drug-likeness (QED) is 0.798. The summed E-state index contributed by atoms with van der Waals surface area (Å²) in [5.41, 5.74) is 2.08. The van der Waals surface area contributed by atoms with Crippen LogP contribution in [0.4, 0.5) is 19.0 Å². The molecule has 3 aliphatic rings. The Bertz CT molecular complexity index is 942. The zero-order valence-corrected chi connectivity index (χ0v) is 16.9. The van der Waals surface area contributed by atoms with Crippen molar-refractivity contribution >= 4 is 5.82 Å². The third kappa shape index (κ3) is 3.36. The number of aromatic nitrogens is 2. The molecule has 3 heterocycles. The fourth-order valence-electron chi connectivity index (χ4n) is 4.96. The van der Waals surface area contributed by atoms with Gasteiger partial charge in [0, 0.05) is 41.4 Å². The third-order valence-corrected chi connectivity index (χ3v) is 6.71. The summed E-state index contributed by atoms with van der Waals surface area (Å²) in [6, 6.07) is 4.07. The summed E-state index contributed by atoms with van der Waals surface area (Å²) in [7, 11) is 0. The van der Waals surface area contributed by atoms with E-state index in [0.29, 0.717) is 17.3 Å². The van der Waals surface area contributed by atoms with Crippen molar-refractivity contribution in [3.05, 3.63) is 52.7 Å². The first-order chi connectivity index (χ1) is 14.5. The number of hydrogen-bond acceptors (Lipinski definition) is 5. The molecule has 1 aromatic heterocycles. The largest absolute Gasteiger partial charge is 0.380 e. The SMILES string of the molecule is C[C@@H](Nc1ncnc2c1CC(N1CC3(COC3)C1)CC2)c1cccc(C(F)F)c1F. The second-order valence-corrected chi connectivity index (χ2v) is 8.86. The molecular weight excluding hydrogens is 393 g/mol. The van der Waals surface area contributed by atoms with E-state index in [4.69, 9.17) is 4.74 Å². The lowest BCUT2D eigenvalue weighted by molar-refractivity contribution is -0.199. The lowest BCUT2D eigenvalue weighted by Gasteiger charge is -2.58. The number of aryl methyl sites for hydroxylation is 1. The first-order valence-corrected chi connectivity index (χ1v) is 10.4. The van der Waals surface area contributed by atoms with Gasteiger partial charge in [0.2, 0.25) is 0 Å². The lowest BCUT2D eigenvalue weighted by atomic mass is 9.75. The van der Waals surface area contributed by atoms with Crippen LogP contribution in [0.2, 0.25) is 0 Å². The number of fused-ring (bicyclic) bond motifs is 1. The Labute approximate surface area is 173 Å². The molecule has 2 fully saturated rings. The molecule has 1 aliphatic carbocycles. The molecule has 30 heavy (non-hydrogen) atoms. The summed E-state index contributed by atoms with van der Waals surface area (Å²) >= 11 is 0. The summed E-state index contributed by atoms with van der Waals surface area (Å²) in [5.74, 6) is -0.192. The molecule has 5 nitrogen and oxygen atoms in total. The maximum absolute atomic E-state index is 14.6. The first kappa shape index (κ1) is 19.8. The Balaban J connectivity index is 1.34. The molecule has 1 aromatic carbocycles. The van der Waals surface area contributed by atoms with Gasteiger partial charge in [-0.25, -0.2) is 23.1 Å². The van der Waals surface area contributed by atoms with Gasteiger partial charge in [0.15, 0.2) is 0 Å². The van der Waals surface area contributed by atoms with Crippen LogP contribution in [0.3, 0.4) is 0 Å². The van der Waals surface area contributed by atoms with Crippen molar-refractivity contribution in [2.24, 2.45) is 5.41 Å². The summed E-state index contributed by atoms with van der Waals surface area (Å²) in [4.78, 5) is 11.4. The van der Waals surface area contributed by atoms with E-state index in [1.54, 1.807) is 6.92 Å². The van der Waals surface area contributed by atoms with Crippen LogP contribution in [0.5, 0.6) is 0 Å². The van der Waals surface area contributed by atoms with Crippen molar-refractivity contribution in [1.82, 2.24) is 14.9 Å². The summed E-state index contributed by atoms with van der Waals surface area (Å²) < 4.78 is 46.1. The van der Waals surface area contributed by atoms with E-state index in [9.17, 15) is 13.2 Å². The molecule has 2 atom stereocenters. The average molecular weight is 418 g/mol. The highest BCUT2D eigenvalue weighted by Gasteiger charge is 2.51. The molecule has 5 rings (SSSR count). The monoisotopic (exact) mass is 418 g/mol. The first-order valence-electron chi connectivity index (χ1n) is 10.4. The number of ether oxygens (including phenoxy) is 1. The van der Waals surface area contributed by atoms with E-state index >= 15 is 0 Å². The third-order valence-electron chi connectivity index (χ3n) is 6.71. The van der Waals surface area contributed by atoms with Gasteiger partial charge in [-0.05, 0) is 26.2 Å². The van der Waals surface area contributed by atoms with Crippen molar-refractivity contribution < 1.29 is 17.9 Å². The van der Waals surface area contributed by atoms with Crippen LogP contribution in [0.1, 0.15) is 48.2 Å². The second kappa shape index (κ2) is 7.50. The fraction of sp³-hybridized carbons (Fsp3) is 0.545. The molecule has 0 amide bonds. The molecule has 2 saturated heterocycles. The number of likely N-dealkylation sites (tertiary alicyclic amines) is 1. The summed E-state index contributed by atoms with van der Waals surface area (Å²) in [6.07, 6.45) is 1.44. The number of hydrogen-bond donors (Lipinski definition) is 1. The molecular formula is C22H25F3N4O. The second-order valence-electron chi connectivity index (χ2n) is 8.86. The van der Waals surface area contributed by atoms with Crippen LogP contribution in [0, 0.1) is 11.2 Å². The van der Waals surface area contributed by atoms with Crippen LogP contribution in [-0.2, 0) is 17.6 Å². The van der Waals surface area contributed by atoms with E-state index in [1.807, 2.05) is 0 Å². The molecule has 0 bridgehead atoms. The summed E-state index contributed by atoms with van der Waals surface area (Å²) in [5, 5.41) is 3.25. The molecule has 1 N–H and O–H groups in total. The van der Waals surface area contributed by atoms with Crippen LogP contribution >= 0.6 is 0 Å². The van der Waals surface area contributed by atoms with Crippen LogP contribution in [0.15, 0.2) is 24.5 Å². The molecule has 160 valence electrons. The van der Waals surface area contributed by atoms with Gasteiger partial charge in [-0.2, -0.15) is 0 Å². The molecule has 1 spiro atoms. The maximum Gasteiger partial charge on any atom is 0.266 e. The predicted octanol–water partition coefficient (Wildman–Crippen LogP) is 3.92. The Morgan fingerprint density at radius 1 is 1.20 bits per heavy atom. The standard InChI is InChI=1S/C22H25F3N4O/c1-13(15-3-2-4-16(19(15)23)20(24)25)28-21-17-7-14(5-6-18(17)26-12-27-21)29-8-22(9-29)10-30-11-22/h2-4,12-14,20H,5-11H2,1H3,(H,26,27,28)/t13-,14?/m1/s1. The van der Waals surface area contributed by atoms with E-state index in [2.05, 4.69) is 20.2 Å². The van der Waals surface area contributed by atoms with Crippen LogP contribution in [-0.4, -0.2) is 47.2 Å². The van der Waals surface area contributed by atoms with Crippen molar-refractivity contribution in [2.75, 3.05) is 31.6 Å². The zero-order valence-electron chi connectivity index (χ0n) is 16.9. The van der Waals surface area contributed by atoms with Gasteiger partial charge >= 0.3 is 0 Å². The molecule has 2 aromatic rings. The molecule has 2 aliphatic heterocycles. The van der Waals surface area contributed by atoms with Gasteiger partial charge < -0.3 is 10.1 Å². The highest BCUT2D eigenvalue weighted by molar-refractivity contribution is 5.49. The number of rotatable bonds is 5. The van der Waals surface area contributed by atoms with Crippen LogP contribution < -0.4 is 5.32 Å². The lowest BCUT2D eigenvalue weighted by Crippen LogP contribution is -2.68. The van der Waals surface area contributed by atoms with Crippen LogP contribution in [0.25, 0.3) is 0 Å². The van der Waals surface area contributed by atoms with Crippen molar-refractivity contribution in [1.29, 1.82) is 0 Å². The van der Waals surface area contributed by atoms with Crippen molar-refractivity contribution in [3.63, 3.8) is 0 Å². The number of benzene rings is 1. The minimum Gasteiger partial charge on any atom is -0.380 e. The van der Waals surface area contributed by atoms with Gasteiger partial charge in [0.05, 0.1) is 24.8 Å². The highest BCUT2D eigenvalue weighted by atomic mass is 19.3. The Hall–Kier alpha value is -2.19. The smallest absolute Gasteiger partial charge is 0.266 e. The predicted molar refractivity (Wildman–Crippen MR) is 106 cm³/mol. The van der Waals surface area contributed by atoms with Gasteiger partial charge in [-0.15, -0.1) is 0 Å². The zero-order chi connectivity index (χ0) is 20.9. The maximum atomic E-state index is 14.6. The fourth-order valence-corrected chi connectivity index (χ4v) is 4.96. The van der Waals surface area contributed by atoms with Gasteiger partial charge in [0.25, 0.3) is 6.43 Å². The normalized spacial score (nSPS) is 23.6. The van der Waals surface area contributed by atoms with E-state index in [0.717, 1.165) is 62.9 Å². The Morgan fingerprint density at radius 2 is 1.97 bits per heavy atom. The number of nitrogens with one attached hydrogen (secondary N) is 1. The van der Waals surface area contributed by atoms with Gasteiger partial charge in [-0.3, -0.25) is 4.90 Å². The summed E-state index contributed by atoms with van der Waals surface area (Å²) in [6.45, 7) is 5.64. The number of halogens is 3. The minimum absolute atomic E-state index is 0.210. The topological polar surface area (TPSA) is 50.3 Å². The molecule has 0 saturated carbocycles. The highest BCUT2D eigenvalue weighted by Crippen LogP contribution is 2.41. The number of anilines is 1. The van der Waals surface area contributed by atoms with E-state index in [-0.39, 0.29) is 5.56 Å². The molecule has 1 unspecified atom stereocenters. The number of nitrogens with zero attached hydrogens (tertiary/aromatic N) is 3. The van der Waals surface area contributed by atoms with Crippen molar-refractivity contribution in [2.45, 2.75) is 44.7 Å². The van der Waals surface area contributed by atoms with Crippen molar-refractivity contribution in [3.8, 4) is 0 Å². The average Bonchev–Trinajstić information content (AvgIpc) is 2.66. The van der Waals surface area contributed by atoms with E-state index < -0.39 is 23.8 Å². The molecule has 0 radical (unpaired) electrons. The Kier molecular flexibility index (Phi) is 4.94.